The lowest BCUT2D eigenvalue weighted by Gasteiger charge is -2.50. The summed E-state index contributed by atoms with van der Waals surface area (Å²) >= 11 is 0. The van der Waals surface area contributed by atoms with Crippen molar-refractivity contribution in [2.45, 2.75) is 70.3 Å². The van der Waals surface area contributed by atoms with E-state index in [0.717, 1.165) is 37.0 Å². The number of rotatable bonds is 3. The largest absolute Gasteiger partial charge is 0.393 e. The summed E-state index contributed by atoms with van der Waals surface area (Å²) in [4.78, 5) is 0. The highest BCUT2D eigenvalue weighted by Crippen LogP contribution is 2.60. The van der Waals surface area contributed by atoms with Crippen LogP contribution in [0.3, 0.4) is 0 Å². The minimum absolute atomic E-state index is 0.0646. The molecule has 1 nitrogen and oxygen atoms in total. The molecule has 5 atom stereocenters. The Hall–Kier alpha value is -1.60. The number of aliphatic hydroxyl groups excluding tert-OH is 1. The predicted molar refractivity (Wildman–Crippen MR) is 111 cm³/mol. The van der Waals surface area contributed by atoms with Crippen molar-refractivity contribution in [2.75, 3.05) is 0 Å². The van der Waals surface area contributed by atoms with Gasteiger partial charge >= 0.3 is 0 Å². The lowest BCUT2D eigenvalue weighted by atomic mass is 9.55. The molecular formula is C26H32O. The third kappa shape index (κ3) is 2.95. The Morgan fingerprint density at radius 3 is 2.59 bits per heavy atom. The average molecular weight is 361 g/mol. The van der Waals surface area contributed by atoms with Crippen LogP contribution >= 0.6 is 0 Å². The summed E-state index contributed by atoms with van der Waals surface area (Å²) in [7, 11) is 0. The van der Waals surface area contributed by atoms with Crippen LogP contribution < -0.4 is 0 Å². The van der Waals surface area contributed by atoms with E-state index in [2.05, 4.69) is 55.5 Å². The first-order chi connectivity index (χ1) is 13.1. The second kappa shape index (κ2) is 6.78. The highest BCUT2D eigenvalue weighted by Gasteiger charge is 2.54. The maximum absolute atomic E-state index is 10.6. The highest BCUT2D eigenvalue weighted by atomic mass is 16.3. The number of hydrogen-bond donors (Lipinski definition) is 1. The van der Waals surface area contributed by atoms with E-state index in [0.29, 0.717) is 0 Å². The number of fused-ring (bicyclic) bond motifs is 5. The molecule has 2 aromatic carbocycles. The zero-order valence-corrected chi connectivity index (χ0v) is 16.5. The van der Waals surface area contributed by atoms with Crippen LogP contribution in [-0.4, -0.2) is 11.2 Å². The van der Waals surface area contributed by atoms with Gasteiger partial charge in [0.15, 0.2) is 0 Å². The van der Waals surface area contributed by atoms with Crippen LogP contribution in [0.4, 0.5) is 0 Å². The molecule has 0 bridgehead atoms. The van der Waals surface area contributed by atoms with Gasteiger partial charge in [-0.05, 0) is 96.8 Å². The van der Waals surface area contributed by atoms with Crippen LogP contribution in [0.1, 0.15) is 67.2 Å². The Bertz CT molecular complexity index is 810. The fraction of sp³-hybridized carbons (Fsp3) is 0.538. The van der Waals surface area contributed by atoms with Gasteiger partial charge in [0, 0.05) is 0 Å². The van der Waals surface area contributed by atoms with Crippen LogP contribution in [0.25, 0.3) is 0 Å². The standard InChI is InChI=1S/C26H32O/c1-26-16-15-22-21-11-9-19(8-7-18-5-3-2-4-6-18)17-20(21)10-12-23(22)24(26)13-14-25(26)27/h2-6,9,11,17,22-25,27H,7-8,10,12-16H2,1H3/t22?,23?,24?,25-,26+/m1/s1. The Balaban J connectivity index is 1.34. The molecule has 0 aliphatic heterocycles. The van der Waals surface area contributed by atoms with Crippen molar-refractivity contribution in [3.63, 3.8) is 0 Å². The van der Waals surface area contributed by atoms with Crippen LogP contribution in [0.5, 0.6) is 0 Å². The van der Waals surface area contributed by atoms with Crippen LogP contribution in [0.15, 0.2) is 48.5 Å². The molecular weight excluding hydrogens is 328 g/mol. The van der Waals surface area contributed by atoms with Crippen molar-refractivity contribution in [2.24, 2.45) is 17.3 Å². The van der Waals surface area contributed by atoms with E-state index in [1.165, 1.54) is 43.2 Å². The number of aliphatic hydroxyl groups is 1. The van der Waals surface area contributed by atoms with Crippen molar-refractivity contribution in [1.29, 1.82) is 0 Å². The Kier molecular flexibility index (Phi) is 4.39. The average Bonchev–Trinajstić information content (AvgIpc) is 3.01. The van der Waals surface area contributed by atoms with Gasteiger partial charge in [-0.1, -0.05) is 55.5 Å². The van der Waals surface area contributed by atoms with Gasteiger partial charge in [-0.25, -0.2) is 0 Å². The van der Waals surface area contributed by atoms with Gasteiger partial charge in [0.05, 0.1) is 6.10 Å². The topological polar surface area (TPSA) is 20.2 Å². The first kappa shape index (κ1) is 17.5. The molecule has 2 fully saturated rings. The minimum Gasteiger partial charge on any atom is -0.393 e. The van der Waals surface area contributed by atoms with Crippen molar-refractivity contribution in [1.82, 2.24) is 0 Å². The first-order valence-electron chi connectivity index (χ1n) is 11.0. The summed E-state index contributed by atoms with van der Waals surface area (Å²) in [6.45, 7) is 2.37. The monoisotopic (exact) mass is 360 g/mol. The summed E-state index contributed by atoms with van der Waals surface area (Å²) in [6, 6.07) is 18.2. The number of benzene rings is 2. The quantitative estimate of drug-likeness (QED) is 0.745. The lowest BCUT2D eigenvalue weighted by molar-refractivity contribution is -0.0226. The van der Waals surface area contributed by atoms with E-state index in [-0.39, 0.29) is 11.5 Å². The maximum Gasteiger partial charge on any atom is 0.0596 e. The van der Waals surface area contributed by atoms with Crippen molar-refractivity contribution >= 4 is 0 Å². The molecule has 0 spiro atoms. The van der Waals surface area contributed by atoms with Crippen molar-refractivity contribution < 1.29 is 5.11 Å². The van der Waals surface area contributed by atoms with E-state index < -0.39 is 0 Å². The SMILES string of the molecule is C[C@]12CCC3c4ccc(CCc5ccccc5)cc4CCC3C1CC[C@H]2O. The molecule has 5 rings (SSSR count). The molecule has 0 saturated heterocycles. The molecule has 3 aliphatic rings. The molecule has 0 amide bonds. The van der Waals surface area contributed by atoms with Crippen LogP contribution in [0, 0.1) is 17.3 Å². The normalized spacial score (nSPS) is 34.6. The molecule has 0 aromatic heterocycles. The summed E-state index contributed by atoms with van der Waals surface area (Å²) < 4.78 is 0. The van der Waals surface area contributed by atoms with Gasteiger partial charge in [0.25, 0.3) is 0 Å². The summed E-state index contributed by atoms with van der Waals surface area (Å²) in [6.07, 6.45) is 9.50. The molecule has 3 unspecified atom stereocenters. The molecule has 0 heterocycles. The molecule has 27 heavy (non-hydrogen) atoms. The molecule has 142 valence electrons. The first-order valence-corrected chi connectivity index (χ1v) is 11.0. The van der Waals surface area contributed by atoms with Gasteiger partial charge in [0.1, 0.15) is 0 Å². The zero-order valence-electron chi connectivity index (χ0n) is 16.5. The third-order valence-corrected chi connectivity index (χ3v) is 8.29. The van der Waals surface area contributed by atoms with E-state index in [1.807, 2.05) is 0 Å². The maximum atomic E-state index is 10.6. The molecule has 1 heteroatoms. The molecule has 1 N–H and O–H groups in total. The smallest absolute Gasteiger partial charge is 0.0596 e. The van der Waals surface area contributed by atoms with E-state index in [1.54, 1.807) is 11.1 Å². The predicted octanol–water partition coefficient (Wildman–Crippen LogP) is 5.69. The number of hydrogen-bond acceptors (Lipinski definition) is 1. The summed E-state index contributed by atoms with van der Waals surface area (Å²) in [5.41, 5.74) is 6.37. The van der Waals surface area contributed by atoms with Crippen LogP contribution in [0.2, 0.25) is 0 Å². The zero-order chi connectivity index (χ0) is 18.4. The van der Waals surface area contributed by atoms with Gasteiger partial charge < -0.3 is 5.11 Å². The Morgan fingerprint density at radius 1 is 0.926 bits per heavy atom. The molecule has 0 radical (unpaired) electrons. The molecule has 2 saturated carbocycles. The van der Waals surface area contributed by atoms with E-state index in [9.17, 15) is 5.11 Å². The molecule has 2 aromatic rings. The van der Waals surface area contributed by atoms with Gasteiger partial charge in [0.2, 0.25) is 0 Å². The molecule has 3 aliphatic carbocycles. The highest BCUT2D eigenvalue weighted by molar-refractivity contribution is 5.38. The van der Waals surface area contributed by atoms with Crippen molar-refractivity contribution in [3.8, 4) is 0 Å². The fourth-order valence-electron chi connectivity index (χ4n) is 6.70. The van der Waals surface area contributed by atoms with Gasteiger partial charge in [-0.2, -0.15) is 0 Å². The lowest BCUT2D eigenvalue weighted by Crippen LogP contribution is -2.43. The van der Waals surface area contributed by atoms with Gasteiger partial charge in [-0.3, -0.25) is 0 Å². The number of aryl methyl sites for hydroxylation is 3. The summed E-state index contributed by atoms with van der Waals surface area (Å²) in [5.74, 6) is 2.26. The van der Waals surface area contributed by atoms with Gasteiger partial charge in [-0.15, -0.1) is 0 Å². The minimum atomic E-state index is -0.0646. The van der Waals surface area contributed by atoms with Crippen LogP contribution in [-0.2, 0) is 19.3 Å². The Morgan fingerprint density at radius 2 is 1.74 bits per heavy atom. The fourth-order valence-corrected chi connectivity index (χ4v) is 6.70. The Labute approximate surface area is 163 Å². The summed E-state index contributed by atoms with van der Waals surface area (Å²) in [5, 5.41) is 10.6. The van der Waals surface area contributed by atoms with E-state index >= 15 is 0 Å². The second-order valence-corrected chi connectivity index (χ2v) is 9.57. The third-order valence-electron chi connectivity index (χ3n) is 8.29. The van der Waals surface area contributed by atoms with E-state index in [4.69, 9.17) is 0 Å². The second-order valence-electron chi connectivity index (χ2n) is 9.57. The van der Waals surface area contributed by atoms with Crippen molar-refractivity contribution in [3.05, 3.63) is 70.8 Å².